The van der Waals surface area contributed by atoms with Gasteiger partial charge in [-0.1, -0.05) is 128 Å². The molecular formula is C69H53N3O2. The number of fused-ring (bicyclic) bond motifs is 9. The zero-order valence-electron chi connectivity index (χ0n) is 41.7. The van der Waals surface area contributed by atoms with E-state index in [1.165, 1.54) is 50.1 Å². The summed E-state index contributed by atoms with van der Waals surface area (Å²) in [5.41, 5.74) is 21.5. The van der Waals surface area contributed by atoms with Crippen LogP contribution >= 0.6 is 0 Å². The smallest absolute Gasteiger partial charge is 0.159 e. The van der Waals surface area contributed by atoms with Crippen molar-refractivity contribution in [3.8, 4) is 27.9 Å². The normalized spacial score (nSPS) is 12.7. The van der Waals surface area contributed by atoms with Crippen LogP contribution in [0.15, 0.2) is 246 Å². The average molecular weight is 956 g/mol. The Morgan fingerprint density at radius 1 is 0.554 bits per heavy atom. The third kappa shape index (κ3) is 7.55. The van der Waals surface area contributed by atoms with Crippen molar-refractivity contribution in [1.29, 1.82) is 0 Å². The Morgan fingerprint density at radius 2 is 1.24 bits per heavy atom. The minimum Gasteiger partial charge on any atom is -0.456 e. The van der Waals surface area contributed by atoms with Gasteiger partial charge in [0.15, 0.2) is 5.58 Å². The van der Waals surface area contributed by atoms with Gasteiger partial charge in [0.1, 0.15) is 16.7 Å². The Kier molecular flexibility index (Phi) is 11.1. The second kappa shape index (κ2) is 18.4. The lowest BCUT2D eigenvalue weighted by Crippen LogP contribution is -2.17. The van der Waals surface area contributed by atoms with E-state index in [1.54, 1.807) is 0 Å². The van der Waals surface area contributed by atoms with E-state index in [4.69, 9.17) is 8.83 Å². The number of hydrogen-bond donors (Lipinski definition) is 0. The summed E-state index contributed by atoms with van der Waals surface area (Å²) in [5, 5.41) is 5.53. The molecule has 13 rings (SSSR count). The van der Waals surface area contributed by atoms with E-state index in [1.807, 2.05) is 18.2 Å². The van der Waals surface area contributed by atoms with Crippen LogP contribution in [0.3, 0.4) is 0 Å². The number of benzene rings is 9. The number of rotatable bonds is 11. The molecule has 1 aliphatic carbocycles. The number of furan rings is 2. The van der Waals surface area contributed by atoms with Crippen molar-refractivity contribution in [2.75, 3.05) is 9.80 Å². The number of para-hydroxylation sites is 3. The minimum absolute atomic E-state index is 0.812. The van der Waals surface area contributed by atoms with Crippen LogP contribution < -0.4 is 9.80 Å². The third-order valence-electron chi connectivity index (χ3n) is 14.8. The van der Waals surface area contributed by atoms with Gasteiger partial charge in [0, 0.05) is 66.8 Å². The molecule has 0 atom stereocenters. The summed E-state index contributed by atoms with van der Waals surface area (Å²) < 4.78 is 15.9. The fourth-order valence-electron chi connectivity index (χ4n) is 11.4. The van der Waals surface area contributed by atoms with Crippen LogP contribution in [0, 0.1) is 13.8 Å². The summed E-state index contributed by atoms with van der Waals surface area (Å²) >= 11 is 0. The zero-order valence-corrected chi connectivity index (χ0v) is 41.7. The molecule has 12 aromatic rings. The van der Waals surface area contributed by atoms with E-state index in [9.17, 15) is 0 Å². The van der Waals surface area contributed by atoms with Gasteiger partial charge >= 0.3 is 0 Å². The molecule has 3 heterocycles. The van der Waals surface area contributed by atoms with Gasteiger partial charge in [-0.2, -0.15) is 0 Å². The summed E-state index contributed by atoms with van der Waals surface area (Å²) in [5.74, 6) is 0. The first-order chi connectivity index (χ1) is 36.4. The van der Waals surface area contributed by atoms with Crippen LogP contribution in [0.1, 0.15) is 35.7 Å². The van der Waals surface area contributed by atoms with E-state index in [0.717, 1.165) is 102 Å². The predicted octanol–water partition coefficient (Wildman–Crippen LogP) is 19.6. The van der Waals surface area contributed by atoms with Crippen LogP contribution in [-0.4, -0.2) is 4.57 Å². The Bertz CT molecular complexity index is 4270. The Morgan fingerprint density at radius 3 is 2.09 bits per heavy atom. The highest BCUT2D eigenvalue weighted by molar-refractivity contribution is 6.12. The molecule has 0 radical (unpaired) electrons. The number of aromatic nitrogens is 1. The Balaban J connectivity index is 0.978. The lowest BCUT2D eigenvalue weighted by atomic mass is 9.96. The molecule has 74 heavy (non-hydrogen) atoms. The third-order valence-corrected chi connectivity index (χ3v) is 14.8. The number of allylic oxidation sites excluding steroid dienone is 5. The number of hydrogen-bond acceptors (Lipinski definition) is 4. The molecule has 0 saturated carbocycles. The highest BCUT2D eigenvalue weighted by Crippen LogP contribution is 2.46. The maximum atomic E-state index is 6.82. The highest BCUT2D eigenvalue weighted by atomic mass is 16.3. The lowest BCUT2D eigenvalue weighted by molar-refractivity contribution is 0.669. The number of nitrogens with zero attached hydrogens (tertiary/aromatic N) is 3. The van der Waals surface area contributed by atoms with Crippen molar-refractivity contribution >= 4 is 89.3 Å². The molecule has 0 saturated heterocycles. The molecule has 0 unspecified atom stereocenters. The van der Waals surface area contributed by atoms with Gasteiger partial charge in [0.2, 0.25) is 0 Å². The fourth-order valence-corrected chi connectivity index (χ4v) is 11.4. The van der Waals surface area contributed by atoms with Crippen LogP contribution in [-0.2, 0) is 6.42 Å². The van der Waals surface area contributed by atoms with Crippen LogP contribution in [0.2, 0.25) is 0 Å². The number of anilines is 5. The fraction of sp³-hybridized carbons (Fsp3) is 0.0725. The largest absolute Gasteiger partial charge is 0.456 e. The number of aryl methyl sites for hydroxylation is 3. The van der Waals surface area contributed by atoms with Gasteiger partial charge in [0.25, 0.3) is 0 Å². The van der Waals surface area contributed by atoms with Gasteiger partial charge in [-0.25, -0.2) is 0 Å². The van der Waals surface area contributed by atoms with Gasteiger partial charge < -0.3 is 23.2 Å². The molecule has 5 nitrogen and oxygen atoms in total. The van der Waals surface area contributed by atoms with Crippen molar-refractivity contribution < 1.29 is 8.83 Å². The summed E-state index contributed by atoms with van der Waals surface area (Å²) in [6.45, 7) is 10.6. The first kappa shape index (κ1) is 44.6. The van der Waals surface area contributed by atoms with E-state index in [-0.39, 0.29) is 0 Å². The second-order valence-corrected chi connectivity index (χ2v) is 19.3. The van der Waals surface area contributed by atoms with Crippen molar-refractivity contribution in [3.05, 3.63) is 259 Å². The zero-order chi connectivity index (χ0) is 49.9. The van der Waals surface area contributed by atoms with E-state index in [0.29, 0.717) is 0 Å². The molecule has 0 fully saturated rings. The van der Waals surface area contributed by atoms with E-state index in [2.05, 4.69) is 254 Å². The average Bonchev–Trinajstić information content (AvgIpc) is 4.13. The minimum atomic E-state index is 0.812. The van der Waals surface area contributed by atoms with Crippen LogP contribution in [0.5, 0.6) is 0 Å². The van der Waals surface area contributed by atoms with Crippen molar-refractivity contribution in [3.63, 3.8) is 0 Å². The topological polar surface area (TPSA) is 37.7 Å². The monoisotopic (exact) mass is 955 g/mol. The van der Waals surface area contributed by atoms with Crippen LogP contribution in [0.4, 0.5) is 28.4 Å². The van der Waals surface area contributed by atoms with Gasteiger partial charge in [-0.05, 0) is 182 Å². The molecule has 0 spiro atoms. The molecular weight excluding hydrogens is 903 g/mol. The first-order valence-corrected chi connectivity index (χ1v) is 25.5. The molecule has 0 aliphatic heterocycles. The molecule has 356 valence electrons. The maximum absolute atomic E-state index is 6.82. The van der Waals surface area contributed by atoms with Gasteiger partial charge in [-0.3, -0.25) is 0 Å². The molecule has 3 aromatic heterocycles. The summed E-state index contributed by atoms with van der Waals surface area (Å²) in [6.07, 6.45) is 14.8. The molecule has 9 aromatic carbocycles. The Labute approximate surface area is 431 Å². The van der Waals surface area contributed by atoms with Crippen molar-refractivity contribution in [2.24, 2.45) is 0 Å². The van der Waals surface area contributed by atoms with Crippen LogP contribution in [0.25, 0.3) is 88.8 Å². The van der Waals surface area contributed by atoms with E-state index >= 15 is 0 Å². The molecule has 0 N–H and O–H groups in total. The molecule has 1 aliphatic rings. The van der Waals surface area contributed by atoms with E-state index < -0.39 is 0 Å². The second-order valence-electron chi connectivity index (χ2n) is 19.3. The summed E-state index contributed by atoms with van der Waals surface area (Å²) in [7, 11) is 0. The van der Waals surface area contributed by atoms with Gasteiger partial charge in [0.05, 0.1) is 11.2 Å². The predicted molar refractivity (Wildman–Crippen MR) is 312 cm³/mol. The van der Waals surface area contributed by atoms with Crippen molar-refractivity contribution in [1.82, 2.24) is 4.57 Å². The lowest BCUT2D eigenvalue weighted by Gasteiger charge is -2.30. The Hall–Kier alpha value is -9.32. The summed E-state index contributed by atoms with van der Waals surface area (Å²) in [6, 6.07) is 69.7. The highest BCUT2D eigenvalue weighted by Gasteiger charge is 2.24. The standard InChI is InChI=1S/C69H53N3O2/c1-5-18-49(19-6-2)70(53-34-37-56(46(4)40-53)55-25-11-10-20-45(55)3)51-23-16-24-52(43-51)71(64-30-17-28-60-59-27-13-15-31-66(59)74-69(60)64)54-35-39-68-62(44-54)61-41-47(33-38-67(61)73-68)48-32-36-58-57-26-12-14-29-63(57)72(65(58)42-48)50-21-8-7-9-22-50/h5-11,13-25,27-44H,1,12,26H2,2-4H3/b19-6-,49-18+. The quantitative estimate of drug-likeness (QED) is 0.121. The summed E-state index contributed by atoms with van der Waals surface area (Å²) in [4.78, 5) is 4.64. The maximum Gasteiger partial charge on any atom is 0.159 e. The SMILES string of the molecule is C=C/C=C(\C=C/C)N(c1cccc(N(c2ccc3oc4ccc(-c5ccc6c7c(n(-c8ccccc8)c6c5)C=CCC7)cc4c3c2)c2cccc3c2oc2ccccc23)c1)c1ccc(-c2ccccc2C)c(C)c1. The molecule has 0 bridgehead atoms. The molecule has 5 heteroatoms. The van der Waals surface area contributed by atoms with Gasteiger partial charge in [-0.15, -0.1) is 0 Å². The van der Waals surface area contributed by atoms with Crippen molar-refractivity contribution in [2.45, 2.75) is 33.6 Å². The molecule has 0 amide bonds. The first-order valence-electron chi connectivity index (χ1n) is 25.5.